The number of methoxy groups -OCH3 is 2. The summed E-state index contributed by atoms with van der Waals surface area (Å²) < 4.78 is 31.6. The van der Waals surface area contributed by atoms with E-state index in [0.29, 0.717) is 33.8 Å². The summed E-state index contributed by atoms with van der Waals surface area (Å²) in [6, 6.07) is 17.8. The largest absolute Gasteiger partial charge is 0.493 e. The van der Waals surface area contributed by atoms with Crippen LogP contribution in [-0.2, 0) is 17.6 Å². The molecule has 1 heterocycles. The van der Waals surface area contributed by atoms with Gasteiger partial charge in [-0.25, -0.2) is 4.39 Å². The van der Waals surface area contributed by atoms with Crippen LogP contribution in [0.5, 0.6) is 23.0 Å². The van der Waals surface area contributed by atoms with Gasteiger partial charge in [0.2, 0.25) is 0 Å². The van der Waals surface area contributed by atoms with Crippen molar-refractivity contribution < 1.29 is 23.4 Å². The summed E-state index contributed by atoms with van der Waals surface area (Å²) in [4.78, 5) is 17.1. The number of hydrogen-bond acceptors (Lipinski definition) is 6. The van der Waals surface area contributed by atoms with Gasteiger partial charge in [0.1, 0.15) is 5.75 Å². The Hall–Kier alpha value is -4.59. The first-order valence-electron chi connectivity index (χ1n) is 12.3. The first kappa shape index (κ1) is 25.1. The lowest BCUT2D eigenvalue weighted by Crippen LogP contribution is -2.40. The smallest absolute Gasteiger partial charge is 0.267 e. The lowest BCUT2D eigenvalue weighted by atomic mass is 9.88. The Kier molecular flexibility index (Phi) is 7.13. The third-order valence-electron chi connectivity index (χ3n) is 6.61. The van der Waals surface area contributed by atoms with E-state index in [1.165, 1.54) is 30.4 Å². The Labute approximate surface area is 220 Å². The van der Waals surface area contributed by atoms with Crippen molar-refractivity contribution in [2.45, 2.75) is 25.3 Å². The minimum Gasteiger partial charge on any atom is -0.493 e. The summed E-state index contributed by atoms with van der Waals surface area (Å²) >= 11 is 0. The maximum atomic E-state index is 15.0. The number of aryl methyl sites for hydroxylation is 1. The van der Waals surface area contributed by atoms with Crippen LogP contribution < -0.4 is 24.8 Å². The van der Waals surface area contributed by atoms with E-state index in [1.807, 2.05) is 12.1 Å². The number of halogens is 1. The topological polar surface area (TPSA) is 81.7 Å². The molecule has 1 aliphatic rings. The maximum absolute atomic E-state index is 15.0. The number of fused-ring (bicyclic) bond motifs is 2. The van der Waals surface area contributed by atoms with Gasteiger partial charge in [-0.3, -0.25) is 9.78 Å². The van der Waals surface area contributed by atoms with Crippen LogP contribution in [0, 0.1) is 5.82 Å². The predicted molar refractivity (Wildman–Crippen MR) is 144 cm³/mol. The van der Waals surface area contributed by atoms with E-state index in [4.69, 9.17) is 14.2 Å². The van der Waals surface area contributed by atoms with Crippen LogP contribution in [0.3, 0.4) is 0 Å². The maximum Gasteiger partial charge on any atom is 0.267 e. The number of hydrogen-bond donors (Lipinski definition) is 2. The van der Waals surface area contributed by atoms with Crippen molar-refractivity contribution in [2.75, 3.05) is 19.5 Å². The molecule has 38 heavy (non-hydrogen) atoms. The molecule has 3 aromatic carbocycles. The van der Waals surface area contributed by atoms with Gasteiger partial charge in [0.15, 0.2) is 23.1 Å². The second-order valence-electron chi connectivity index (χ2n) is 9.07. The van der Waals surface area contributed by atoms with Crippen molar-refractivity contribution in [3.05, 3.63) is 96.1 Å². The number of ether oxygens (including phenoxy) is 3. The molecule has 0 bridgehead atoms. The van der Waals surface area contributed by atoms with Crippen molar-refractivity contribution in [2.24, 2.45) is 0 Å². The van der Waals surface area contributed by atoms with Gasteiger partial charge < -0.3 is 24.8 Å². The molecule has 5 rings (SSSR count). The lowest BCUT2D eigenvalue weighted by molar-refractivity contribution is -0.118. The number of benzene rings is 3. The van der Waals surface area contributed by atoms with Gasteiger partial charge in [-0.15, -0.1) is 0 Å². The summed E-state index contributed by atoms with van der Waals surface area (Å²) in [7, 11) is 3.08. The van der Waals surface area contributed by atoms with E-state index in [9.17, 15) is 4.79 Å². The Bertz CT molecular complexity index is 1520. The van der Waals surface area contributed by atoms with Gasteiger partial charge in [0.25, 0.3) is 5.91 Å². The van der Waals surface area contributed by atoms with E-state index in [0.717, 1.165) is 19.3 Å². The van der Waals surface area contributed by atoms with Gasteiger partial charge >= 0.3 is 0 Å². The number of pyridine rings is 1. The third kappa shape index (κ3) is 5.25. The third-order valence-corrected chi connectivity index (χ3v) is 6.61. The standard InChI is InChI=1S/C30H28FN3O4/c1-18(30(35)34-21-9-8-19-6-4-5-7-20(19)14-21)33-22-10-11-27(24(31)15-22)38-26-12-13-32-25-17-29(37-3)28(36-2)16-23(25)26/h4-7,10-13,15-17,21,33H,1,8-9,14H2,2-3H3,(H,34,35)/t21-/m0/s1. The first-order valence-corrected chi connectivity index (χ1v) is 12.3. The Morgan fingerprint density at radius 1 is 0.974 bits per heavy atom. The SMILES string of the molecule is C=C(Nc1ccc(Oc2ccnc3cc(OC)c(OC)cc23)c(F)c1)C(=O)N[C@H]1CCc2ccccc2C1. The van der Waals surface area contributed by atoms with E-state index >= 15 is 4.39 Å². The van der Waals surface area contributed by atoms with E-state index in [-0.39, 0.29) is 23.4 Å². The molecular weight excluding hydrogens is 485 g/mol. The van der Waals surface area contributed by atoms with Crippen LogP contribution in [-0.4, -0.2) is 31.2 Å². The normalized spacial score (nSPS) is 14.3. The van der Waals surface area contributed by atoms with Crippen LogP contribution >= 0.6 is 0 Å². The highest BCUT2D eigenvalue weighted by molar-refractivity contribution is 5.96. The molecule has 1 amide bonds. The molecule has 1 aliphatic carbocycles. The highest BCUT2D eigenvalue weighted by Gasteiger charge is 2.21. The molecule has 0 spiro atoms. The van der Waals surface area contributed by atoms with Gasteiger partial charge in [0.05, 0.1) is 25.4 Å². The van der Waals surface area contributed by atoms with Crippen molar-refractivity contribution in [3.63, 3.8) is 0 Å². The van der Waals surface area contributed by atoms with Crippen molar-refractivity contribution in [1.82, 2.24) is 10.3 Å². The number of nitrogens with zero attached hydrogens (tertiary/aromatic N) is 1. The minimum atomic E-state index is -0.600. The van der Waals surface area contributed by atoms with Crippen LogP contribution in [0.1, 0.15) is 17.5 Å². The molecule has 0 fully saturated rings. The number of rotatable bonds is 8. The summed E-state index contributed by atoms with van der Waals surface area (Å²) in [5, 5.41) is 6.57. The van der Waals surface area contributed by atoms with Crippen LogP contribution in [0.15, 0.2) is 79.1 Å². The zero-order valence-corrected chi connectivity index (χ0v) is 21.2. The summed E-state index contributed by atoms with van der Waals surface area (Å²) in [5.74, 6) is 0.554. The Morgan fingerprint density at radius 2 is 1.74 bits per heavy atom. The number of aromatic nitrogens is 1. The molecule has 0 saturated carbocycles. The molecule has 0 saturated heterocycles. The fourth-order valence-electron chi connectivity index (χ4n) is 4.64. The van der Waals surface area contributed by atoms with Crippen LogP contribution in [0.4, 0.5) is 10.1 Å². The molecule has 0 unspecified atom stereocenters. The summed E-state index contributed by atoms with van der Waals surface area (Å²) in [6.45, 7) is 3.84. The molecule has 0 radical (unpaired) electrons. The lowest BCUT2D eigenvalue weighted by Gasteiger charge is -2.26. The Balaban J connectivity index is 1.25. The second kappa shape index (κ2) is 10.8. The van der Waals surface area contributed by atoms with Gasteiger partial charge in [-0.1, -0.05) is 30.8 Å². The molecule has 4 aromatic rings. The van der Waals surface area contributed by atoms with Gasteiger partial charge in [0, 0.05) is 35.4 Å². The van der Waals surface area contributed by atoms with E-state index in [1.54, 1.807) is 37.6 Å². The number of carbonyl (C=O) groups is 1. The average Bonchev–Trinajstić information content (AvgIpc) is 2.93. The molecule has 2 N–H and O–H groups in total. The quantitative estimate of drug-likeness (QED) is 0.291. The highest BCUT2D eigenvalue weighted by Crippen LogP contribution is 2.37. The summed E-state index contributed by atoms with van der Waals surface area (Å²) in [5.41, 5.74) is 3.71. The summed E-state index contributed by atoms with van der Waals surface area (Å²) in [6.07, 6.45) is 4.13. The molecule has 7 nitrogen and oxygen atoms in total. The van der Waals surface area contributed by atoms with E-state index < -0.39 is 5.82 Å². The zero-order valence-electron chi connectivity index (χ0n) is 21.2. The number of carbonyl (C=O) groups excluding carboxylic acids is 1. The number of nitrogens with one attached hydrogen (secondary N) is 2. The highest BCUT2D eigenvalue weighted by atomic mass is 19.1. The van der Waals surface area contributed by atoms with Gasteiger partial charge in [-0.05, 0) is 54.7 Å². The van der Waals surface area contributed by atoms with Crippen molar-refractivity contribution in [3.8, 4) is 23.0 Å². The molecular formula is C30H28FN3O4. The molecule has 1 atom stereocenters. The molecule has 1 aromatic heterocycles. The van der Waals surface area contributed by atoms with Crippen molar-refractivity contribution >= 4 is 22.5 Å². The minimum absolute atomic E-state index is 0.0220. The molecule has 8 heteroatoms. The molecule has 0 aliphatic heterocycles. The monoisotopic (exact) mass is 513 g/mol. The van der Waals surface area contributed by atoms with Crippen LogP contribution in [0.2, 0.25) is 0 Å². The van der Waals surface area contributed by atoms with Gasteiger partial charge in [-0.2, -0.15) is 0 Å². The first-order chi connectivity index (χ1) is 18.4. The van der Waals surface area contributed by atoms with Crippen LogP contribution in [0.25, 0.3) is 10.9 Å². The van der Waals surface area contributed by atoms with E-state index in [2.05, 4.69) is 34.3 Å². The zero-order chi connectivity index (χ0) is 26.6. The number of amides is 1. The Morgan fingerprint density at radius 3 is 2.50 bits per heavy atom. The molecule has 194 valence electrons. The predicted octanol–water partition coefficient (Wildman–Crippen LogP) is 5.78. The van der Waals surface area contributed by atoms with Crippen molar-refractivity contribution in [1.29, 1.82) is 0 Å². The second-order valence-corrected chi connectivity index (χ2v) is 9.07. The fraction of sp³-hybridized carbons (Fsp3) is 0.200. The average molecular weight is 514 g/mol. The fourth-order valence-corrected chi connectivity index (χ4v) is 4.64. The number of anilines is 1.